The Labute approximate surface area is 225 Å². The summed E-state index contributed by atoms with van der Waals surface area (Å²) in [6.07, 6.45) is 1.64. The van der Waals surface area contributed by atoms with Crippen molar-refractivity contribution in [3.05, 3.63) is 76.4 Å². The van der Waals surface area contributed by atoms with E-state index in [2.05, 4.69) is 22.4 Å². The molecule has 2 aromatic carbocycles. The highest BCUT2D eigenvalue weighted by Gasteiger charge is 2.50. The van der Waals surface area contributed by atoms with Gasteiger partial charge in [-0.2, -0.15) is 13.2 Å². The smallest absolute Gasteiger partial charge is 0.381 e. The highest BCUT2D eigenvalue weighted by molar-refractivity contribution is 6.10. The summed E-state index contributed by atoms with van der Waals surface area (Å²) in [5.41, 5.74) is 0.869. The summed E-state index contributed by atoms with van der Waals surface area (Å²) in [6.45, 7) is 2.24. The van der Waals surface area contributed by atoms with E-state index in [1.54, 1.807) is 25.6 Å². The molecule has 2 aliphatic carbocycles. The lowest BCUT2D eigenvalue weighted by atomic mass is 9.62. The maximum absolute atomic E-state index is 14.2. The summed E-state index contributed by atoms with van der Waals surface area (Å²) < 4.78 is 50.0. The predicted octanol–water partition coefficient (Wildman–Crippen LogP) is 5.12. The molecule has 2 fully saturated rings. The van der Waals surface area contributed by atoms with Crippen LogP contribution in [0.5, 0.6) is 0 Å². The third-order valence-corrected chi connectivity index (χ3v) is 8.92. The first-order valence-corrected chi connectivity index (χ1v) is 13.3. The van der Waals surface area contributed by atoms with Gasteiger partial charge in [0.05, 0.1) is 23.6 Å². The van der Waals surface area contributed by atoms with Gasteiger partial charge in [0.1, 0.15) is 12.2 Å². The van der Waals surface area contributed by atoms with Crippen LogP contribution in [0.15, 0.2) is 42.7 Å². The number of nitrogens with one attached hydrogen (secondary N) is 1. The Balaban J connectivity index is 1.34. The van der Waals surface area contributed by atoms with Gasteiger partial charge in [-0.25, -0.2) is 0 Å². The van der Waals surface area contributed by atoms with Crippen LogP contribution in [-0.2, 0) is 36.5 Å². The Morgan fingerprint density at radius 3 is 2.56 bits per heavy atom. The fourth-order valence-corrected chi connectivity index (χ4v) is 6.35. The van der Waals surface area contributed by atoms with Crippen molar-refractivity contribution in [1.29, 1.82) is 0 Å². The van der Waals surface area contributed by atoms with E-state index in [4.69, 9.17) is 4.74 Å². The minimum absolute atomic E-state index is 0.0302. The lowest BCUT2D eigenvalue weighted by molar-refractivity contribution is -0.138. The standard InChI is InChI=1S/C29H32F3N5O2/c1-27(8-5-9-27)33-15-18-10-22-23(24(11-18)29(30,31)32)16-37(25(22)38)20-7-4-6-19(12-20)28(13-21(14-28)39-3)26-35-34-17-36(26)2/h4,6-7,10-12,17,21,33H,5,8-9,13-16H2,1-3H3. The summed E-state index contributed by atoms with van der Waals surface area (Å²) >= 11 is 0. The van der Waals surface area contributed by atoms with Crippen LogP contribution >= 0.6 is 0 Å². The van der Waals surface area contributed by atoms with Crippen LogP contribution in [0.1, 0.15) is 77.5 Å². The van der Waals surface area contributed by atoms with Gasteiger partial charge in [0.25, 0.3) is 5.91 Å². The molecule has 0 spiro atoms. The van der Waals surface area contributed by atoms with Crippen LogP contribution in [0, 0.1) is 0 Å². The number of halogens is 3. The Hall–Kier alpha value is -3.24. The largest absolute Gasteiger partial charge is 0.416 e. The minimum Gasteiger partial charge on any atom is -0.381 e. The number of hydrogen-bond donors (Lipinski definition) is 1. The van der Waals surface area contributed by atoms with Crippen LogP contribution < -0.4 is 10.2 Å². The van der Waals surface area contributed by atoms with Gasteiger partial charge in [0, 0.05) is 37.5 Å². The van der Waals surface area contributed by atoms with E-state index >= 15 is 0 Å². The molecule has 2 heterocycles. The van der Waals surface area contributed by atoms with Crippen molar-refractivity contribution in [2.45, 2.75) is 75.4 Å². The number of amides is 1. The van der Waals surface area contributed by atoms with Gasteiger partial charge >= 0.3 is 6.18 Å². The van der Waals surface area contributed by atoms with Gasteiger partial charge in [0.15, 0.2) is 0 Å². The molecule has 1 aliphatic heterocycles. The molecule has 0 unspecified atom stereocenters. The summed E-state index contributed by atoms with van der Waals surface area (Å²) in [4.78, 5) is 15.1. The third-order valence-electron chi connectivity index (χ3n) is 8.92. The lowest BCUT2D eigenvalue weighted by Gasteiger charge is -2.46. The van der Waals surface area contributed by atoms with E-state index in [1.807, 2.05) is 29.8 Å². The number of carbonyl (C=O) groups excluding carboxylic acids is 1. The maximum Gasteiger partial charge on any atom is 0.416 e. The van der Waals surface area contributed by atoms with E-state index in [1.165, 1.54) is 11.0 Å². The molecule has 39 heavy (non-hydrogen) atoms. The van der Waals surface area contributed by atoms with Gasteiger partial charge in [-0.05, 0) is 80.0 Å². The van der Waals surface area contributed by atoms with Crippen LogP contribution in [0.4, 0.5) is 18.9 Å². The topological polar surface area (TPSA) is 72.3 Å². The van der Waals surface area contributed by atoms with Crippen LogP contribution in [0.3, 0.4) is 0 Å². The second-order valence-electron chi connectivity index (χ2n) is 11.5. The normalized spacial score (nSPS) is 23.9. The number of hydrogen-bond acceptors (Lipinski definition) is 5. The van der Waals surface area contributed by atoms with E-state index in [-0.39, 0.29) is 35.9 Å². The fraction of sp³-hybridized carbons (Fsp3) is 0.483. The Morgan fingerprint density at radius 1 is 1.18 bits per heavy atom. The number of aromatic nitrogens is 3. The van der Waals surface area contributed by atoms with Crippen LogP contribution in [0.25, 0.3) is 0 Å². The van der Waals surface area contributed by atoms with Gasteiger partial charge in [-0.15, -0.1) is 10.2 Å². The number of aryl methyl sites for hydroxylation is 1. The van der Waals surface area contributed by atoms with Crippen molar-refractivity contribution in [1.82, 2.24) is 20.1 Å². The molecule has 1 aromatic heterocycles. The van der Waals surface area contributed by atoms with Gasteiger partial charge in [0.2, 0.25) is 0 Å². The average molecular weight is 540 g/mol. The van der Waals surface area contributed by atoms with E-state index < -0.39 is 23.1 Å². The summed E-state index contributed by atoms with van der Waals surface area (Å²) in [7, 11) is 3.56. The SMILES string of the molecule is COC1CC(c2cccc(N3Cc4c(cc(CNC5(C)CCC5)cc4C(F)(F)F)C3=O)c2)(c2nncn2C)C1. The van der Waals surface area contributed by atoms with Crippen LogP contribution in [-0.4, -0.2) is 39.4 Å². The number of ether oxygens (including phenoxy) is 1. The zero-order valence-corrected chi connectivity index (χ0v) is 22.3. The number of nitrogens with zero attached hydrogens (tertiary/aromatic N) is 4. The number of carbonyl (C=O) groups is 1. The number of alkyl halides is 3. The quantitative estimate of drug-likeness (QED) is 0.451. The van der Waals surface area contributed by atoms with Crippen LogP contribution in [0.2, 0.25) is 0 Å². The van der Waals surface area contributed by atoms with Crippen molar-refractivity contribution in [2.24, 2.45) is 7.05 Å². The summed E-state index contributed by atoms with van der Waals surface area (Å²) in [6, 6.07) is 10.3. The predicted molar refractivity (Wildman–Crippen MR) is 139 cm³/mol. The number of methoxy groups -OCH3 is 1. The first kappa shape index (κ1) is 26.0. The molecule has 6 rings (SSSR count). The molecule has 0 radical (unpaired) electrons. The molecule has 3 aliphatic rings. The molecule has 7 nitrogen and oxygen atoms in total. The number of anilines is 1. The second-order valence-corrected chi connectivity index (χ2v) is 11.5. The Kier molecular flexibility index (Phi) is 6.11. The fourth-order valence-electron chi connectivity index (χ4n) is 6.35. The van der Waals surface area contributed by atoms with Gasteiger partial charge in [-0.1, -0.05) is 12.1 Å². The van der Waals surface area contributed by atoms with E-state index in [9.17, 15) is 18.0 Å². The van der Waals surface area contributed by atoms with Crippen molar-refractivity contribution >= 4 is 11.6 Å². The zero-order chi connectivity index (χ0) is 27.6. The molecule has 1 amide bonds. The van der Waals surface area contributed by atoms with Crippen molar-refractivity contribution in [3.63, 3.8) is 0 Å². The molecule has 0 atom stereocenters. The Morgan fingerprint density at radius 2 is 1.95 bits per heavy atom. The molecular formula is C29H32F3N5O2. The number of rotatable bonds is 7. The molecule has 1 N–H and O–H groups in total. The first-order valence-electron chi connectivity index (χ1n) is 13.3. The molecular weight excluding hydrogens is 507 g/mol. The van der Waals surface area contributed by atoms with Crippen molar-refractivity contribution in [2.75, 3.05) is 12.0 Å². The molecule has 2 saturated carbocycles. The minimum atomic E-state index is -4.56. The lowest BCUT2D eigenvalue weighted by Crippen LogP contribution is -2.48. The third kappa shape index (κ3) is 4.34. The van der Waals surface area contributed by atoms with Gasteiger partial charge in [-0.3, -0.25) is 4.79 Å². The molecule has 3 aromatic rings. The molecule has 10 heteroatoms. The van der Waals surface area contributed by atoms with E-state index in [0.717, 1.165) is 30.7 Å². The van der Waals surface area contributed by atoms with Crippen molar-refractivity contribution < 1.29 is 22.7 Å². The summed E-state index contributed by atoms with van der Waals surface area (Å²) in [5.74, 6) is 0.376. The zero-order valence-electron chi connectivity index (χ0n) is 22.3. The van der Waals surface area contributed by atoms with E-state index in [0.29, 0.717) is 24.1 Å². The number of fused-ring (bicyclic) bond motifs is 1. The molecule has 0 bridgehead atoms. The maximum atomic E-state index is 14.2. The molecule has 0 saturated heterocycles. The van der Waals surface area contributed by atoms with Crippen molar-refractivity contribution in [3.8, 4) is 0 Å². The highest BCUT2D eigenvalue weighted by atomic mass is 19.4. The first-order chi connectivity index (χ1) is 18.5. The highest BCUT2D eigenvalue weighted by Crippen LogP contribution is 2.50. The monoisotopic (exact) mass is 539 g/mol. The average Bonchev–Trinajstić information content (AvgIpc) is 3.44. The Bertz CT molecular complexity index is 1420. The van der Waals surface area contributed by atoms with Gasteiger partial charge < -0.3 is 19.5 Å². The second kappa shape index (κ2) is 9.16. The summed E-state index contributed by atoms with van der Waals surface area (Å²) in [5, 5.41) is 11.8. The number of benzene rings is 2. The molecule has 206 valence electrons.